The third kappa shape index (κ3) is 3.52. The Hall–Kier alpha value is -2.37. The molecule has 3 aromatic carbocycles. The minimum absolute atomic E-state index is 0.856. The van der Waals surface area contributed by atoms with Crippen LogP contribution >= 0.6 is 7.14 Å². The monoisotopic (exact) mass is 318 g/mol. The number of benzene rings is 3. The Morgan fingerprint density at radius 3 is 1.65 bits per heavy atom. The Bertz CT molecular complexity index is 791. The Balaban J connectivity index is 2.06. The lowest BCUT2D eigenvalue weighted by atomic mass is 10.2. The second-order valence-corrected chi connectivity index (χ2v) is 8.20. The van der Waals surface area contributed by atoms with Crippen molar-refractivity contribution in [2.75, 3.05) is 0 Å². The van der Waals surface area contributed by atoms with Crippen LogP contribution in [-0.4, -0.2) is 0 Å². The Labute approximate surface area is 137 Å². The fourth-order valence-electron chi connectivity index (χ4n) is 2.49. The molecule has 0 radical (unpaired) electrons. The highest BCUT2D eigenvalue weighted by Gasteiger charge is 2.23. The summed E-state index contributed by atoms with van der Waals surface area (Å²) in [5, 5.41) is 1.71. The zero-order valence-electron chi connectivity index (χ0n) is 13.1. The zero-order chi connectivity index (χ0) is 16.1. The van der Waals surface area contributed by atoms with Gasteiger partial charge in [-0.1, -0.05) is 96.6 Å². The number of hydrogen-bond donors (Lipinski definition) is 0. The molecule has 1 nitrogen and oxygen atoms in total. The molecule has 3 rings (SSSR count). The lowest BCUT2D eigenvalue weighted by Gasteiger charge is -2.15. The number of hydrogen-bond acceptors (Lipinski definition) is 1. The van der Waals surface area contributed by atoms with Crippen LogP contribution in [0.4, 0.5) is 0 Å². The molecule has 0 aliphatic heterocycles. The molecule has 0 N–H and O–H groups in total. The Kier molecular flexibility index (Phi) is 4.60. The van der Waals surface area contributed by atoms with E-state index in [1.54, 1.807) is 0 Å². The molecule has 0 spiro atoms. The molecule has 23 heavy (non-hydrogen) atoms. The SMILES string of the molecule is Cc1ccc(C=CP(=O)(c2ccccc2)c2ccccc2)cc1. The van der Waals surface area contributed by atoms with Gasteiger partial charge < -0.3 is 4.57 Å². The van der Waals surface area contributed by atoms with E-state index < -0.39 is 7.14 Å². The third-order valence-corrected chi connectivity index (χ3v) is 6.53. The zero-order valence-corrected chi connectivity index (χ0v) is 14.0. The highest BCUT2D eigenvalue weighted by Crippen LogP contribution is 2.45. The minimum atomic E-state index is -2.78. The Morgan fingerprint density at radius 2 is 1.17 bits per heavy atom. The van der Waals surface area contributed by atoms with E-state index in [0.29, 0.717) is 0 Å². The topological polar surface area (TPSA) is 17.1 Å². The second kappa shape index (κ2) is 6.81. The summed E-state index contributed by atoms with van der Waals surface area (Å²) in [7, 11) is -2.78. The van der Waals surface area contributed by atoms with Crippen LogP contribution in [0.1, 0.15) is 11.1 Å². The van der Waals surface area contributed by atoms with Gasteiger partial charge in [-0.15, -0.1) is 0 Å². The van der Waals surface area contributed by atoms with Crippen LogP contribution in [0.5, 0.6) is 0 Å². The average molecular weight is 318 g/mol. The van der Waals surface area contributed by atoms with Gasteiger partial charge in [0.1, 0.15) is 0 Å². The number of rotatable bonds is 4. The highest BCUT2D eigenvalue weighted by molar-refractivity contribution is 7.81. The van der Waals surface area contributed by atoms with E-state index >= 15 is 0 Å². The van der Waals surface area contributed by atoms with Crippen LogP contribution in [0.15, 0.2) is 90.7 Å². The summed E-state index contributed by atoms with van der Waals surface area (Å²) in [5.74, 6) is 1.86. The van der Waals surface area contributed by atoms with Crippen molar-refractivity contribution in [3.05, 3.63) is 102 Å². The first-order chi connectivity index (χ1) is 11.2. The first-order valence-electron chi connectivity index (χ1n) is 7.65. The summed E-state index contributed by atoms with van der Waals surface area (Å²) in [5.41, 5.74) is 2.28. The van der Waals surface area contributed by atoms with Crippen molar-refractivity contribution in [2.24, 2.45) is 0 Å². The van der Waals surface area contributed by atoms with E-state index in [9.17, 15) is 4.57 Å². The van der Waals surface area contributed by atoms with Crippen LogP contribution in [0.25, 0.3) is 6.08 Å². The van der Waals surface area contributed by atoms with Gasteiger partial charge in [0.05, 0.1) is 0 Å². The molecule has 0 bridgehead atoms. The van der Waals surface area contributed by atoms with E-state index in [-0.39, 0.29) is 0 Å². The molecule has 0 unspecified atom stereocenters. The van der Waals surface area contributed by atoms with Crippen molar-refractivity contribution in [1.29, 1.82) is 0 Å². The molecular weight excluding hydrogens is 299 g/mol. The van der Waals surface area contributed by atoms with E-state index in [4.69, 9.17) is 0 Å². The van der Waals surface area contributed by atoms with E-state index in [1.165, 1.54) is 5.56 Å². The van der Waals surface area contributed by atoms with Gasteiger partial charge in [-0.3, -0.25) is 0 Å². The Morgan fingerprint density at radius 1 is 0.696 bits per heavy atom. The van der Waals surface area contributed by atoms with Gasteiger partial charge in [0.2, 0.25) is 0 Å². The highest BCUT2D eigenvalue weighted by atomic mass is 31.2. The minimum Gasteiger partial charge on any atom is -0.309 e. The van der Waals surface area contributed by atoms with Crippen LogP contribution in [-0.2, 0) is 4.57 Å². The third-order valence-electron chi connectivity index (χ3n) is 3.83. The van der Waals surface area contributed by atoms with E-state index in [2.05, 4.69) is 19.1 Å². The van der Waals surface area contributed by atoms with Gasteiger partial charge in [-0.05, 0) is 18.3 Å². The predicted molar refractivity (Wildman–Crippen MR) is 100.0 cm³/mol. The van der Waals surface area contributed by atoms with Crippen molar-refractivity contribution in [3.8, 4) is 0 Å². The molecule has 0 aliphatic carbocycles. The molecule has 0 aliphatic rings. The summed E-state index contributed by atoms with van der Waals surface area (Å²) < 4.78 is 13.8. The standard InChI is InChI=1S/C21H19OP/c1-18-12-14-19(15-13-18)16-17-23(22,20-8-4-2-5-9-20)21-10-6-3-7-11-21/h2-17H,1H3. The van der Waals surface area contributed by atoms with Gasteiger partial charge in [-0.2, -0.15) is 0 Å². The van der Waals surface area contributed by atoms with E-state index in [1.807, 2.05) is 84.7 Å². The van der Waals surface area contributed by atoms with Gasteiger partial charge in [0.15, 0.2) is 7.14 Å². The maximum atomic E-state index is 13.8. The molecule has 2 heteroatoms. The van der Waals surface area contributed by atoms with Gasteiger partial charge in [0.25, 0.3) is 0 Å². The molecule has 0 saturated heterocycles. The van der Waals surface area contributed by atoms with Crippen LogP contribution in [0.3, 0.4) is 0 Å². The molecule has 3 aromatic rings. The van der Waals surface area contributed by atoms with Crippen molar-refractivity contribution in [2.45, 2.75) is 6.92 Å². The molecule has 0 saturated carbocycles. The average Bonchev–Trinajstić information content (AvgIpc) is 2.62. The molecule has 0 heterocycles. The van der Waals surface area contributed by atoms with Crippen LogP contribution in [0, 0.1) is 6.92 Å². The van der Waals surface area contributed by atoms with Gasteiger partial charge >= 0.3 is 0 Å². The van der Waals surface area contributed by atoms with Crippen molar-refractivity contribution in [3.63, 3.8) is 0 Å². The fraction of sp³-hybridized carbons (Fsp3) is 0.0476. The summed E-state index contributed by atoms with van der Waals surface area (Å²) in [6, 6.07) is 27.6. The molecular formula is C21H19OP. The second-order valence-electron chi connectivity index (χ2n) is 5.56. The lowest BCUT2D eigenvalue weighted by molar-refractivity contribution is 0.592. The predicted octanol–water partition coefficient (Wildman–Crippen LogP) is 4.98. The summed E-state index contributed by atoms with van der Waals surface area (Å²) in [6.07, 6.45) is 1.96. The van der Waals surface area contributed by atoms with Crippen molar-refractivity contribution in [1.82, 2.24) is 0 Å². The summed E-state index contributed by atoms with van der Waals surface area (Å²) >= 11 is 0. The van der Waals surface area contributed by atoms with E-state index in [0.717, 1.165) is 16.2 Å². The molecule has 0 atom stereocenters. The largest absolute Gasteiger partial charge is 0.309 e. The smallest absolute Gasteiger partial charge is 0.164 e. The maximum absolute atomic E-state index is 13.8. The molecule has 0 amide bonds. The first kappa shape index (κ1) is 15.5. The summed E-state index contributed by atoms with van der Waals surface area (Å²) in [4.78, 5) is 0. The van der Waals surface area contributed by atoms with Gasteiger partial charge in [-0.25, -0.2) is 0 Å². The maximum Gasteiger partial charge on any atom is 0.164 e. The van der Waals surface area contributed by atoms with Crippen molar-refractivity contribution >= 4 is 23.8 Å². The quantitative estimate of drug-likeness (QED) is 0.620. The lowest BCUT2D eigenvalue weighted by Crippen LogP contribution is -2.13. The fourth-order valence-corrected chi connectivity index (χ4v) is 4.74. The normalized spacial score (nSPS) is 11.7. The van der Waals surface area contributed by atoms with Crippen molar-refractivity contribution < 1.29 is 4.57 Å². The molecule has 0 fully saturated rings. The van der Waals surface area contributed by atoms with Crippen LogP contribution < -0.4 is 10.6 Å². The molecule has 114 valence electrons. The summed E-state index contributed by atoms with van der Waals surface area (Å²) in [6.45, 7) is 2.06. The number of aryl methyl sites for hydroxylation is 1. The van der Waals surface area contributed by atoms with Crippen LogP contribution in [0.2, 0.25) is 0 Å². The molecule has 0 aromatic heterocycles. The first-order valence-corrected chi connectivity index (χ1v) is 9.43. The van der Waals surface area contributed by atoms with Gasteiger partial charge in [0, 0.05) is 10.6 Å².